The lowest BCUT2D eigenvalue weighted by Gasteiger charge is -2.08. The van der Waals surface area contributed by atoms with Crippen LogP contribution in [-0.4, -0.2) is 21.3 Å². The van der Waals surface area contributed by atoms with E-state index in [1.165, 1.54) is 12.1 Å². The minimum absolute atomic E-state index is 0.121. The quantitative estimate of drug-likeness (QED) is 0.754. The zero-order chi connectivity index (χ0) is 14.7. The van der Waals surface area contributed by atoms with Crippen molar-refractivity contribution in [1.82, 2.24) is 0 Å². The van der Waals surface area contributed by atoms with Gasteiger partial charge in [-0.15, -0.1) is 0 Å². The van der Waals surface area contributed by atoms with Gasteiger partial charge >= 0.3 is 0 Å². The van der Waals surface area contributed by atoms with Crippen LogP contribution in [-0.2, 0) is 32.2 Å². The molecule has 6 heteroatoms. The highest BCUT2D eigenvalue weighted by Gasteiger charge is 2.05. The summed E-state index contributed by atoms with van der Waals surface area (Å²) in [6.45, 7) is 0.280. The average molecular weight is 325 g/mol. The zero-order valence-corrected chi connectivity index (χ0v) is 12.0. The Morgan fingerprint density at radius 2 is 2.18 bits per heavy atom. The first-order valence-corrected chi connectivity index (χ1v) is 7.54. The maximum absolute atomic E-state index is 11.0. The van der Waals surface area contributed by atoms with Crippen LogP contribution in [0.4, 0.5) is 0 Å². The monoisotopic (exact) mass is 324 g/mol. The Hall–Kier alpha value is -0.430. The lowest BCUT2D eigenvalue weighted by Crippen LogP contribution is -2.03. The second-order valence-electron chi connectivity index (χ2n) is 3.33. The highest BCUT2D eigenvalue weighted by Crippen LogP contribution is 2.20. The molecule has 96 valence electrons. The molecule has 0 heterocycles. The Kier molecular flexibility index (Phi) is 4.45. The van der Waals surface area contributed by atoms with Crippen molar-refractivity contribution in [1.29, 1.82) is 0 Å². The fourth-order valence-electron chi connectivity index (χ4n) is 1.08. The molecule has 0 N–H and O–H groups in total. The number of hydrogen-bond acceptors (Lipinski definition) is 4. The van der Waals surface area contributed by atoms with Gasteiger partial charge in [0.25, 0.3) is 10.1 Å². The fourth-order valence-corrected chi connectivity index (χ4v) is 1.69. The summed E-state index contributed by atoms with van der Waals surface area (Å²) < 4.78 is 47.9. The third kappa shape index (κ3) is 5.63. The van der Waals surface area contributed by atoms with Crippen molar-refractivity contribution in [2.24, 2.45) is 0 Å². The standard InChI is InChI=1S/C11H15BrO4S/c1-3-15-8-10-6-9(4-5-11(10)12)7-16-17(2,13)14/h4-6H,3,7-8H2,1-2H3/i7D2. The highest BCUT2D eigenvalue weighted by atomic mass is 79.9. The molecule has 0 amide bonds. The largest absolute Gasteiger partial charge is 0.377 e. The van der Waals surface area contributed by atoms with Crippen molar-refractivity contribution in [2.45, 2.75) is 20.1 Å². The van der Waals surface area contributed by atoms with Crippen molar-refractivity contribution >= 4 is 26.0 Å². The first-order valence-electron chi connectivity index (χ1n) is 5.93. The van der Waals surface area contributed by atoms with Crippen molar-refractivity contribution < 1.29 is 20.1 Å². The van der Waals surface area contributed by atoms with Crippen LogP contribution < -0.4 is 0 Å². The van der Waals surface area contributed by atoms with Crippen LogP contribution in [0.5, 0.6) is 0 Å². The van der Waals surface area contributed by atoms with E-state index in [0.29, 0.717) is 13.2 Å². The van der Waals surface area contributed by atoms with Crippen LogP contribution in [0, 0.1) is 0 Å². The van der Waals surface area contributed by atoms with Crippen LogP contribution in [0.3, 0.4) is 0 Å². The van der Waals surface area contributed by atoms with E-state index in [2.05, 4.69) is 20.1 Å². The molecule has 0 atom stereocenters. The number of rotatable bonds is 6. The van der Waals surface area contributed by atoms with Gasteiger partial charge in [0.2, 0.25) is 0 Å². The van der Waals surface area contributed by atoms with Gasteiger partial charge in [-0.25, -0.2) is 0 Å². The number of halogens is 1. The molecular formula is C11H15BrO4S. The normalized spacial score (nSPS) is 14.3. The van der Waals surface area contributed by atoms with Gasteiger partial charge in [0.1, 0.15) is 0 Å². The van der Waals surface area contributed by atoms with E-state index < -0.39 is 16.7 Å². The summed E-state index contributed by atoms with van der Waals surface area (Å²) in [6.07, 6.45) is 0.810. The fraction of sp³-hybridized carbons (Fsp3) is 0.455. The molecule has 1 rings (SSSR count). The summed E-state index contributed by atoms with van der Waals surface area (Å²) in [6, 6.07) is 4.61. The molecule has 0 unspecified atom stereocenters. The van der Waals surface area contributed by atoms with Crippen molar-refractivity contribution in [3.8, 4) is 0 Å². The highest BCUT2D eigenvalue weighted by molar-refractivity contribution is 9.10. The van der Waals surface area contributed by atoms with Gasteiger partial charge in [0, 0.05) is 11.1 Å². The number of hydrogen-bond donors (Lipinski definition) is 0. The van der Waals surface area contributed by atoms with Gasteiger partial charge in [-0.3, -0.25) is 4.18 Å². The third-order valence-electron chi connectivity index (χ3n) is 1.82. The van der Waals surface area contributed by atoms with Crippen molar-refractivity contribution in [3.63, 3.8) is 0 Å². The van der Waals surface area contributed by atoms with Crippen LogP contribution in [0.1, 0.15) is 20.8 Å². The van der Waals surface area contributed by atoms with E-state index in [-0.39, 0.29) is 5.56 Å². The molecule has 0 aliphatic rings. The molecule has 0 bridgehead atoms. The lowest BCUT2D eigenvalue weighted by atomic mass is 10.1. The van der Waals surface area contributed by atoms with Crippen LogP contribution in [0.2, 0.25) is 0 Å². The molecule has 0 saturated heterocycles. The molecule has 0 radical (unpaired) electrons. The Bertz CT molecular complexity index is 546. The second-order valence-corrected chi connectivity index (χ2v) is 5.76. The van der Waals surface area contributed by atoms with E-state index in [4.69, 9.17) is 7.48 Å². The molecule has 4 nitrogen and oxygen atoms in total. The number of ether oxygens (including phenoxy) is 1. The van der Waals surface area contributed by atoms with E-state index in [0.717, 1.165) is 16.3 Å². The summed E-state index contributed by atoms with van der Waals surface area (Å²) in [5, 5.41) is 0. The van der Waals surface area contributed by atoms with Gasteiger partial charge in [0.15, 0.2) is 0 Å². The third-order valence-corrected chi connectivity index (χ3v) is 2.98. The Balaban J connectivity index is 3.06. The predicted octanol–water partition coefficient (Wildman–Crippen LogP) is 2.46. The Labute approximate surface area is 113 Å². The van der Waals surface area contributed by atoms with Crippen molar-refractivity contribution in [3.05, 3.63) is 33.8 Å². The summed E-state index contributed by atoms with van der Waals surface area (Å²) in [4.78, 5) is 0. The Morgan fingerprint density at radius 1 is 1.47 bits per heavy atom. The van der Waals surface area contributed by atoms with Crippen LogP contribution >= 0.6 is 15.9 Å². The van der Waals surface area contributed by atoms with Gasteiger partial charge < -0.3 is 4.74 Å². The maximum Gasteiger partial charge on any atom is 0.264 e. The molecule has 0 aromatic heterocycles. The molecular weight excluding hydrogens is 308 g/mol. The van der Waals surface area contributed by atoms with Gasteiger partial charge in [-0.2, -0.15) is 8.42 Å². The maximum atomic E-state index is 11.0. The van der Waals surface area contributed by atoms with Crippen LogP contribution in [0.15, 0.2) is 22.7 Å². The molecule has 1 aromatic rings. The second kappa shape index (κ2) is 6.49. The van der Waals surface area contributed by atoms with E-state index in [1.807, 2.05) is 6.92 Å². The number of benzene rings is 1. The van der Waals surface area contributed by atoms with E-state index in [1.54, 1.807) is 6.07 Å². The van der Waals surface area contributed by atoms with E-state index in [9.17, 15) is 8.42 Å². The molecule has 0 spiro atoms. The molecule has 0 aliphatic heterocycles. The van der Waals surface area contributed by atoms with E-state index >= 15 is 0 Å². The SMILES string of the molecule is [2H]C([2H])(OS(C)(=O)=O)c1ccc(Br)c(COCC)c1. The molecule has 0 aliphatic carbocycles. The molecule has 0 fully saturated rings. The predicted molar refractivity (Wildman–Crippen MR) is 69.1 cm³/mol. The Morgan fingerprint density at radius 3 is 2.76 bits per heavy atom. The van der Waals surface area contributed by atoms with Gasteiger partial charge in [0.05, 0.1) is 22.2 Å². The molecule has 0 saturated carbocycles. The molecule has 17 heavy (non-hydrogen) atoms. The zero-order valence-electron chi connectivity index (χ0n) is 11.6. The topological polar surface area (TPSA) is 52.6 Å². The van der Waals surface area contributed by atoms with Gasteiger partial charge in [-0.05, 0) is 30.2 Å². The summed E-state index contributed by atoms with van der Waals surface area (Å²) >= 11 is 3.33. The van der Waals surface area contributed by atoms with Crippen molar-refractivity contribution in [2.75, 3.05) is 12.9 Å². The summed E-state index contributed by atoms with van der Waals surface area (Å²) in [5.74, 6) is 0. The first kappa shape index (κ1) is 11.6. The van der Waals surface area contributed by atoms with Crippen LogP contribution in [0.25, 0.3) is 0 Å². The smallest absolute Gasteiger partial charge is 0.264 e. The summed E-state index contributed by atoms with van der Waals surface area (Å²) in [7, 11) is -3.89. The molecule has 1 aromatic carbocycles. The van der Waals surface area contributed by atoms with Gasteiger partial charge in [-0.1, -0.05) is 22.0 Å². The average Bonchev–Trinajstić information content (AvgIpc) is 2.24. The lowest BCUT2D eigenvalue weighted by molar-refractivity contribution is 0.133. The minimum Gasteiger partial charge on any atom is -0.377 e. The summed E-state index contributed by atoms with van der Waals surface area (Å²) in [5.41, 5.74) is 0.844. The first-order chi connectivity index (χ1) is 8.65. The minimum atomic E-state index is -3.89.